The summed E-state index contributed by atoms with van der Waals surface area (Å²) in [4.78, 5) is 26.1. The normalized spacial score (nSPS) is 17.3. The van der Waals surface area contributed by atoms with Gasteiger partial charge < -0.3 is 14.6 Å². The van der Waals surface area contributed by atoms with Gasteiger partial charge in [-0.2, -0.15) is 0 Å². The van der Waals surface area contributed by atoms with Gasteiger partial charge in [-0.25, -0.2) is 4.79 Å². The van der Waals surface area contributed by atoms with E-state index in [1.165, 1.54) is 18.1 Å². The molecule has 0 bridgehead atoms. The van der Waals surface area contributed by atoms with Crippen LogP contribution < -0.4 is 4.74 Å². The van der Waals surface area contributed by atoms with E-state index in [2.05, 4.69) is 0 Å². The average molecular weight is 367 g/mol. The molecule has 1 unspecified atom stereocenters. The molecule has 8 heteroatoms. The molecule has 128 valence electrons. The quantitative estimate of drug-likeness (QED) is 0.487. The van der Waals surface area contributed by atoms with Crippen LogP contribution in [0.4, 0.5) is 0 Å². The first-order chi connectivity index (χ1) is 11.4. The van der Waals surface area contributed by atoms with Crippen molar-refractivity contribution in [1.82, 2.24) is 4.90 Å². The van der Waals surface area contributed by atoms with Crippen molar-refractivity contribution in [3.63, 3.8) is 0 Å². The maximum atomic E-state index is 12.6. The third-order valence-corrected chi connectivity index (χ3v) is 4.67. The molecule has 1 fully saturated rings. The van der Waals surface area contributed by atoms with E-state index in [0.717, 1.165) is 11.8 Å². The van der Waals surface area contributed by atoms with Gasteiger partial charge in [-0.05, 0) is 37.6 Å². The standard InChI is InChI=1S/C16H17NO5S2/c1-4-22-15(20)9(2)17-14(19)13(24-16(17)23)8-10-5-6-11(18)12(7-10)21-3/h5-9,18H,4H2,1-3H3/b13-8-. The van der Waals surface area contributed by atoms with E-state index >= 15 is 0 Å². The zero-order valence-corrected chi connectivity index (χ0v) is 15.1. The first-order valence-corrected chi connectivity index (χ1v) is 8.42. The lowest BCUT2D eigenvalue weighted by Crippen LogP contribution is -2.42. The fraction of sp³-hybridized carbons (Fsp3) is 0.312. The molecule has 1 aliphatic heterocycles. The van der Waals surface area contributed by atoms with E-state index in [1.54, 1.807) is 32.1 Å². The van der Waals surface area contributed by atoms with Gasteiger partial charge in [0.1, 0.15) is 10.4 Å². The smallest absolute Gasteiger partial charge is 0.329 e. The van der Waals surface area contributed by atoms with Crippen LogP contribution in [0.2, 0.25) is 0 Å². The van der Waals surface area contributed by atoms with Gasteiger partial charge in [-0.3, -0.25) is 9.69 Å². The number of thiocarbonyl (C=S) groups is 1. The number of hydrogen-bond donors (Lipinski definition) is 1. The molecule has 1 N–H and O–H groups in total. The van der Waals surface area contributed by atoms with Crippen molar-refractivity contribution in [3.05, 3.63) is 28.7 Å². The topological polar surface area (TPSA) is 76.1 Å². The minimum atomic E-state index is -0.780. The molecule has 1 aromatic carbocycles. The number of methoxy groups -OCH3 is 1. The SMILES string of the molecule is CCOC(=O)C(C)N1C(=O)/C(=C/c2ccc(O)c(OC)c2)SC1=S. The fourth-order valence-corrected chi connectivity index (χ4v) is 3.54. The number of aromatic hydroxyl groups is 1. The van der Waals surface area contributed by atoms with Crippen LogP contribution in [0.1, 0.15) is 19.4 Å². The van der Waals surface area contributed by atoms with Crippen molar-refractivity contribution in [1.29, 1.82) is 0 Å². The molecule has 1 atom stereocenters. The van der Waals surface area contributed by atoms with Gasteiger partial charge in [0.2, 0.25) is 0 Å². The number of thioether (sulfide) groups is 1. The first kappa shape index (κ1) is 18.3. The van der Waals surface area contributed by atoms with Crippen LogP contribution in [-0.2, 0) is 14.3 Å². The number of phenols is 1. The summed E-state index contributed by atoms with van der Waals surface area (Å²) in [7, 11) is 1.44. The number of ether oxygens (including phenoxy) is 2. The molecular formula is C16H17NO5S2. The summed E-state index contributed by atoms with van der Waals surface area (Å²) in [6.45, 7) is 3.52. The van der Waals surface area contributed by atoms with E-state index in [9.17, 15) is 14.7 Å². The number of phenolic OH excluding ortho intramolecular Hbond substituents is 1. The van der Waals surface area contributed by atoms with E-state index in [-0.39, 0.29) is 18.3 Å². The summed E-state index contributed by atoms with van der Waals surface area (Å²) < 4.78 is 10.3. The van der Waals surface area contributed by atoms with Crippen molar-refractivity contribution < 1.29 is 24.2 Å². The fourth-order valence-electron chi connectivity index (χ4n) is 2.12. The number of benzene rings is 1. The summed E-state index contributed by atoms with van der Waals surface area (Å²) in [5, 5.41) is 9.62. The lowest BCUT2D eigenvalue weighted by Gasteiger charge is -2.21. The minimum absolute atomic E-state index is 0.0122. The number of nitrogens with zero attached hydrogens (tertiary/aromatic N) is 1. The Morgan fingerprint density at radius 3 is 2.83 bits per heavy atom. The molecule has 0 aromatic heterocycles. The zero-order chi connectivity index (χ0) is 17.9. The molecule has 1 aromatic rings. The van der Waals surface area contributed by atoms with E-state index in [1.807, 2.05) is 0 Å². The Morgan fingerprint density at radius 1 is 1.50 bits per heavy atom. The first-order valence-electron chi connectivity index (χ1n) is 7.19. The van der Waals surface area contributed by atoms with Crippen LogP contribution in [0.5, 0.6) is 11.5 Å². The Hall–Kier alpha value is -2.06. The maximum absolute atomic E-state index is 12.6. The molecule has 1 heterocycles. The summed E-state index contributed by atoms with van der Waals surface area (Å²) in [5.74, 6) is -0.531. The molecular weight excluding hydrogens is 350 g/mol. The number of hydrogen-bond acceptors (Lipinski definition) is 7. The second-order valence-electron chi connectivity index (χ2n) is 4.91. The lowest BCUT2D eigenvalue weighted by molar-refractivity contribution is -0.149. The minimum Gasteiger partial charge on any atom is -0.504 e. The van der Waals surface area contributed by atoms with Gasteiger partial charge in [0, 0.05) is 0 Å². The lowest BCUT2D eigenvalue weighted by atomic mass is 10.2. The second-order valence-corrected chi connectivity index (χ2v) is 6.59. The Bertz CT molecular complexity index is 716. The number of amides is 1. The number of rotatable bonds is 5. The molecule has 1 aliphatic rings. The Labute approximate surface area is 149 Å². The Morgan fingerprint density at radius 2 is 2.21 bits per heavy atom. The monoisotopic (exact) mass is 367 g/mol. The largest absolute Gasteiger partial charge is 0.504 e. The van der Waals surface area contributed by atoms with Crippen LogP contribution in [0.3, 0.4) is 0 Å². The Balaban J connectivity index is 2.26. The van der Waals surface area contributed by atoms with Crippen molar-refractivity contribution >= 4 is 46.3 Å². The molecule has 1 saturated heterocycles. The third kappa shape index (κ3) is 3.70. The van der Waals surface area contributed by atoms with Crippen LogP contribution >= 0.6 is 24.0 Å². The van der Waals surface area contributed by atoms with Crippen molar-refractivity contribution in [3.8, 4) is 11.5 Å². The highest BCUT2D eigenvalue weighted by Gasteiger charge is 2.38. The molecule has 0 radical (unpaired) electrons. The average Bonchev–Trinajstić information content (AvgIpc) is 2.82. The summed E-state index contributed by atoms with van der Waals surface area (Å²) in [6.07, 6.45) is 1.64. The Kier molecular flexibility index (Phi) is 5.84. The number of carbonyl (C=O) groups excluding carboxylic acids is 2. The van der Waals surface area contributed by atoms with Crippen LogP contribution in [-0.4, -0.2) is 46.0 Å². The molecule has 0 saturated carbocycles. The van der Waals surface area contributed by atoms with E-state index < -0.39 is 12.0 Å². The van der Waals surface area contributed by atoms with Gasteiger partial charge >= 0.3 is 5.97 Å². The summed E-state index contributed by atoms with van der Waals surface area (Å²) in [6, 6.07) is 3.96. The van der Waals surface area contributed by atoms with Gasteiger partial charge in [-0.1, -0.05) is 30.0 Å². The predicted molar refractivity (Wildman–Crippen MR) is 95.8 cm³/mol. The van der Waals surface area contributed by atoms with Crippen molar-refractivity contribution in [2.75, 3.05) is 13.7 Å². The second kappa shape index (κ2) is 7.67. The van der Waals surface area contributed by atoms with Gasteiger partial charge in [0.15, 0.2) is 11.5 Å². The van der Waals surface area contributed by atoms with Crippen LogP contribution in [0.25, 0.3) is 6.08 Å². The molecule has 2 rings (SSSR count). The zero-order valence-electron chi connectivity index (χ0n) is 13.4. The summed E-state index contributed by atoms with van der Waals surface area (Å²) in [5.41, 5.74) is 0.675. The molecule has 6 nitrogen and oxygen atoms in total. The van der Waals surface area contributed by atoms with Crippen LogP contribution in [0.15, 0.2) is 23.1 Å². The maximum Gasteiger partial charge on any atom is 0.329 e. The molecule has 0 aliphatic carbocycles. The van der Waals surface area contributed by atoms with E-state index in [4.69, 9.17) is 21.7 Å². The highest BCUT2D eigenvalue weighted by molar-refractivity contribution is 8.26. The van der Waals surface area contributed by atoms with E-state index in [0.29, 0.717) is 20.5 Å². The molecule has 1 amide bonds. The summed E-state index contributed by atoms with van der Waals surface area (Å²) >= 11 is 6.33. The molecule has 0 spiro atoms. The third-order valence-electron chi connectivity index (χ3n) is 3.34. The highest BCUT2D eigenvalue weighted by Crippen LogP contribution is 2.35. The van der Waals surface area contributed by atoms with Gasteiger partial charge in [-0.15, -0.1) is 0 Å². The highest BCUT2D eigenvalue weighted by atomic mass is 32.2. The van der Waals surface area contributed by atoms with Crippen molar-refractivity contribution in [2.24, 2.45) is 0 Å². The van der Waals surface area contributed by atoms with Crippen LogP contribution in [0, 0.1) is 0 Å². The number of carbonyl (C=O) groups is 2. The van der Waals surface area contributed by atoms with Crippen molar-refractivity contribution in [2.45, 2.75) is 19.9 Å². The van der Waals surface area contributed by atoms with Gasteiger partial charge in [0.05, 0.1) is 18.6 Å². The van der Waals surface area contributed by atoms with Gasteiger partial charge in [0.25, 0.3) is 5.91 Å². The predicted octanol–water partition coefficient (Wildman–Crippen LogP) is 2.55. The number of esters is 1. The molecule has 24 heavy (non-hydrogen) atoms.